The predicted octanol–water partition coefficient (Wildman–Crippen LogP) is 22.1. The van der Waals surface area contributed by atoms with Crippen molar-refractivity contribution in [3.05, 3.63) is 219 Å². The molecular formula is C85H130O17P2. The van der Waals surface area contributed by atoms with E-state index in [2.05, 4.69) is 192 Å². The van der Waals surface area contributed by atoms with Crippen LogP contribution in [0.1, 0.15) is 233 Å². The molecule has 0 saturated heterocycles. The average molecular weight is 1490 g/mol. The van der Waals surface area contributed by atoms with E-state index in [9.17, 15) is 43.2 Å². The topological polar surface area (TPSA) is 237 Å². The highest BCUT2D eigenvalue weighted by atomic mass is 31.2. The summed E-state index contributed by atoms with van der Waals surface area (Å²) in [7, 11) is -10.1. The van der Waals surface area contributed by atoms with Crippen molar-refractivity contribution >= 4 is 39.5 Å². The third kappa shape index (κ3) is 73.7. The molecule has 0 aliphatic carbocycles. The molecule has 0 aromatic heterocycles. The van der Waals surface area contributed by atoms with E-state index in [1.807, 2.05) is 36.5 Å². The maximum Gasteiger partial charge on any atom is 0.472 e. The molecule has 5 unspecified atom stereocenters. The summed E-state index contributed by atoms with van der Waals surface area (Å²) in [5, 5.41) is 10.6. The van der Waals surface area contributed by atoms with Crippen molar-refractivity contribution in [1.29, 1.82) is 0 Å². The smallest absolute Gasteiger partial charge is 0.462 e. The normalized spacial score (nSPS) is 15.1. The summed E-state index contributed by atoms with van der Waals surface area (Å²) in [6.07, 6.45) is 94.3. The van der Waals surface area contributed by atoms with E-state index in [1.165, 1.54) is 0 Å². The minimum atomic E-state index is -5.03. The van der Waals surface area contributed by atoms with Crippen LogP contribution in [0.4, 0.5) is 0 Å². The summed E-state index contributed by atoms with van der Waals surface area (Å²) >= 11 is 0. The van der Waals surface area contributed by atoms with Gasteiger partial charge in [-0.15, -0.1) is 0 Å². The Labute approximate surface area is 626 Å². The first-order valence-corrected chi connectivity index (χ1v) is 41.0. The zero-order valence-corrected chi connectivity index (χ0v) is 65.1. The molecule has 0 spiro atoms. The highest BCUT2D eigenvalue weighted by Gasteiger charge is 2.30. The minimum Gasteiger partial charge on any atom is -0.462 e. The van der Waals surface area contributed by atoms with E-state index in [4.69, 9.17) is 37.0 Å². The lowest BCUT2D eigenvalue weighted by Gasteiger charge is -2.21. The van der Waals surface area contributed by atoms with E-state index < -0.39 is 97.5 Å². The Morgan fingerprint density at radius 2 is 0.519 bits per heavy atom. The maximum absolute atomic E-state index is 13.1. The predicted molar refractivity (Wildman–Crippen MR) is 426 cm³/mol. The van der Waals surface area contributed by atoms with Crippen LogP contribution >= 0.6 is 15.6 Å². The number of phosphoric ester groups is 2. The quantitative estimate of drug-likeness (QED) is 0.0169. The van der Waals surface area contributed by atoms with Gasteiger partial charge in [0.25, 0.3) is 0 Å². The lowest BCUT2D eigenvalue weighted by Crippen LogP contribution is -2.30. The molecule has 0 heterocycles. The van der Waals surface area contributed by atoms with Gasteiger partial charge in [-0.05, 0) is 154 Å². The van der Waals surface area contributed by atoms with Crippen LogP contribution in [-0.4, -0.2) is 96.7 Å². The Balaban J connectivity index is 5.56. The van der Waals surface area contributed by atoms with Gasteiger partial charge in [-0.3, -0.25) is 37.3 Å². The number of hydrogen-bond donors (Lipinski definition) is 3. The molecule has 0 rings (SSSR count). The Kier molecular flexibility index (Phi) is 69.9. The third-order valence-corrected chi connectivity index (χ3v) is 16.4. The number of esters is 4. The van der Waals surface area contributed by atoms with E-state index >= 15 is 0 Å². The third-order valence-electron chi connectivity index (χ3n) is 14.5. The van der Waals surface area contributed by atoms with Crippen molar-refractivity contribution < 1.29 is 80.2 Å². The summed E-state index contributed by atoms with van der Waals surface area (Å²) in [5.41, 5.74) is 0. The number of carbonyl (C=O) groups is 4. The number of phosphoric acid groups is 2. The Morgan fingerprint density at radius 1 is 0.279 bits per heavy atom. The van der Waals surface area contributed by atoms with Crippen molar-refractivity contribution in [2.24, 2.45) is 0 Å². The molecule has 0 amide bonds. The maximum atomic E-state index is 13.1. The second kappa shape index (κ2) is 74.6. The Bertz CT molecular complexity index is 2840. The second-order valence-corrected chi connectivity index (χ2v) is 27.0. The molecule has 3 N–H and O–H groups in total. The van der Waals surface area contributed by atoms with Crippen LogP contribution in [-0.2, 0) is 65.4 Å². The Hall–Kier alpha value is -6.62. The van der Waals surface area contributed by atoms with Gasteiger partial charge in [0.15, 0.2) is 12.2 Å². The summed E-state index contributed by atoms with van der Waals surface area (Å²) in [5.74, 6) is -2.57. The molecule has 582 valence electrons. The van der Waals surface area contributed by atoms with Crippen LogP contribution in [0.25, 0.3) is 0 Å². The summed E-state index contributed by atoms with van der Waals surface area (Å²) in [6.45, 7) is 4.06. The van der Waals surface area contributed by atoms with Crippen LogP contribution < -0.4 is 0 Å². The number of carbonyl (C=O) groups excluding carboxylic acids is 4. The number of unbranched alkanes of at least 4 members (excludes halogenated alkanes) is 8. The van der Waals surface area contributed by atoms with Gasteiger partial charge in [0, 0.05) is 12.8 Å². The fraction of sp³-hybridized carbons (Fsp3) is 0.529. The molecule has 0 aromatic carbocycles. The van der Waals surface area contributed by atoms with E-state index in [-0.39, 0.29) is 25.7 Å². The van der Waals surface area contributed by atoms with Crippen molar-refractivity contribution in [1.82, 2.24) is 0 Å². The lowest BCUT2D eigenvalue weighted by molar-refractivity contribution is -0.160. The van der Waals surface area contributed by atoms with E-state index in [1.54, 1.807) is 18.2 Å². The number of ether oxygens (including phenoxy) is 4. The van der Waals surface area contributed by atoms with Crippen LogP contribution in [0.15, 0.2) is 219 Å². The molecule has 0 aromatic rings. The molecule has 17 nitrogen and oxygen atoms in total. The summed E-state index contributed by atoms with van der Waals surface area (Å²) in [6, 6.07) is 0. The van der Waals surface area contributed by atoms with Crippen LogP contribution in [0.3, 0.4) is 0 Å². The highest BCUT2D eigenvalue weighted by Crippen LogP contribution is 2.45. The number of hydrogen-bond acceptors (Lipinski definition) is 15. The molecule has 0 aliphatic rings. The fourth-order valence-electron chi connectivity index (χ4n) is 8.88. The Morgan fingerprint density at radius 3 is 0.865 bits per heavy atom. The van der Waals surface area contributed by atoms with Gasteiger partial charge in [0.05, 0.1) is 39.3 Å². The first-order chi connectivity index (χ1) is 50.7. The van der Waals surface area contributed by atoms with Crippen molar-refractivity contribution in [3.8, 4) is 0 Å². The van der Waals surface area contributed by atoms with Crippen molar-refractivity contribution in [2.75, 3.05) is 39.6 Å². The molecular weight excluding hydrogens is 1350 g/mol. The van der Waals surface area contributed by atoms with Gasteiger partial charge in [-0.25, -0.2) is 9.13 Å². The lowest BCUT2D eigenvalue weighted by atomic mass is 10.1. The van der Waals surface area contributed by atoms with Crippen LogP contribution in [0.5, 0.6) is 0 Å². The molecule has 0 fully saturated rings. The molecule has 19 heteroatoms. The number of aliphatic hydroxyl groups is 1. The molecule has 5 atom stereocenters. The van der Waals surface area contributed by atoms with Gasteiger partial charge in [0.2, 0.25) is 0 Å². The number of allylic oxidation sites excluding steroid dienone is 34. The monoisotopic (exact) mass is 1480 g/mol. The van der Waals surface area contributed by atoms with Crippen LogP contribution in [0.2, 0.25) is 0 Å². The van der Waals surface area contributed by atoms with Gasteiger partial charge in [-0.2, -0.15) is 0 Å². The standard InChI is InChI=1S/C85H130O17P2/c1-5-9-13-17-21-25-29-33-37-38-39-40-44-46-50-54-58-62-66-70-83(88)96-76-81(102-85(90)72-68-64-60-56-52-48-43-36-32-28-24-20-16-12-8-4)78-100-104(93,94)98-74-79(86)73-97-103(91,92)99-77-80(101-84(89)71-67-63-59-55-51-47-42-35-31-27-23-19-15-11-7-3)75-95-82(87)69-65-61-57-53-49-45-41-34-30-26-22-18-14-10-6-2/h9-16,21-28,33-37,39-43,49,51-53,55-56,61,64-65,68,79-81,86H,5-8,17-20,29-32,38,44-48,50,54,57-60,62-63,66-67,69-78H2,1-4H3,(H,91,92)(H,93,94)/b13-9-,14-10-,15-11-,16-12-,25-21-,26-22-,27-23-,28-24-,37-33-,40-39-,41-34-,42-35-,43-36-,53-49-,55-51-,56-52-,65-61-,68-64-. The summed E-state index contributed by atoms with van der Waals surface area (Å²) < 4.78 is 68.2. The molecule has 104 heavy (non-hydrogen) atoms. The zero-order chi connectivity index (χ0) is 76.0. The summed E-state index contributed by atoms with van der Waals surface area (Å²) in [4.78, 5) is 72.8. The van der Waals surface area contributed by atoms with Gasteiger partial charge >= 0.3 is 39.5 Å². The zero-order valence-electron chi connectivity index (χ0n) is 63.3. The van der Waals surface area contributed by atoms with Crippen molar-refractivity contribution in [3.63, 3.8) is 0 Å². The van der Waals surface area contributed by atoms with Gasteiger partial charge in [-0.1, -0.05) is 272 Å². The largest absolute Gasteiger partial charge is 0.472 e. The highest BCUT2D eigenvalue weighted by molar-refractivity contribution is 7.47. The minimum absolute atomic E-state index is 0.0107. The average Bonchev–Trinajstić information content (AvgIpc) is 0.912. The molecule has 0 saturated carbocycles. The van der Waals surface area contributed by atoms with E-state index in [0.29, 0.717) is 32.1 Å². The second-order valence-electron chi connectivity index (χ2n) is 24.1. The molecule has 0 radical (unpaired) electrons. The fourth-order valence-corrected chi connectivity index (χ4v) is 10.5. The van der Waals surface area contributed by atoms with E-state index in [0.717, 1.165) is 148 Å². The first-order valence-electron chi connectivity index (χ1n) is 38.0. The van der Waals surface area contributed by atoms with Crippen molar-refractivity contribution in [2.45, 2.75) is 251 Å². The van der Waals surface area contributed by atoms with Crippen LogP contribution in [0, 0.1) is 0 Å². The first kappa shape index (κ1) is 97.4. The van der Waals surface area contributed by atoms with Gasteiger partial charge in [0.1, 0.15) is 19.3 Å². The number of rotatable bonds is 68. The molecule has 0 aliphatic heterocycles. The SMILES string of the molecule is CC/C=C\C/C=C\C/C=C\C/C=C\C/C=C\CC(=O)OCC(COP(=O)(O)OCC(O)COP(=O)(O)OCC(COC(=O)CCCCCCCC/C=C\C/C=C\C/C=C\C/C=C\CC)OC(=O)C/C=C\C/C=C\C/C=C\C/C=C\C/C=C\CC)OC(=O)CCCC/C=C\C/C=C\C/C=C\C/C=C\CC. The molecule has 0 bridgehead atoms. The number of aliphatic hydroxyl groups excluding tert-OH is 1. The van der Waals surface area contributed by atoms with Gasteiger partial charge < -0.3 is 33.8 Å².